The zero-order valence-electron chi connectivity index (χ0n) is 12.4. The van der Waals surface area contributed by atoms with Gasteiger partial charge >= 0.3 is 21.5 Å². The quantitative estimate of drug-likeness (QED) is 0.444. The van der Waals surface area contributed by atoms with Crippen molar-refractivity contribution in [2.24, 2.45) is 0 Å². The first-order chi connectivity index (χ1) is 11.2. The smallest absolute Gasteiger partial charge is 0.261 e. The first-order valence-corrected chi connectivity index (χ1v) is 8.00. The molecule has 0 N–H and O–H groups in total. The molecule has 0 aromatic heterocycles. The monoisotopic (exact) mass is 352 g/mol. The van der Waals surface area contributed by atoms with Gasteiger partial charge in [-0.3, -0.25) is 24.4 Å². The predicted molar refractivity (Wildman–Crippen MR) is 82.9 cm³/mol. The molecule has 2 aromatic rings. The fourth-order valence-corrected chi connectivity index (χ4v) is 3.11. The summed E-state index contributed by atoms with van der Waals surface area (Å²) in [5.41, 5.74) is -1.46. The summed E-state index contributed by atoms with van der Waals surface area (Å²) in [5, 5.41) is 22.3. The maximum Gasteiger partial charge on any atom is 0.367 e. The summed E-state index contributed by atoms with van der Waals surface area (Å²) >= 11 is 0. The predicted octanol–water partition coefficient (Wildman–Crippen LogP) is 2.72. The van der Waals surface area contributed by atoms with Crippen LogP contribution in [0, 0.1) is 27.2 Å². The SMILES string of the molecule is Cc1ccc(S(=O)(=O)OCc2ccccc2)c([N+](=O)[O-])c1[N+](=O)[O-]. The van der Waals surface area contributed by atoms with Crippen LogP contribution in [0.1, 0.15) is 11.1 Å². The molecule has 126 valence electrons. The summed E-state index contributed by atoms with van der Waals surface area (Å²) in [7, 11) is -4.55. The van der Waals surface area contributed by atoms with Gasteiger partial charge in [0.1, 0.15) is 0 Å². The molecule has 0 amide bonds. The van der Waals surface area contributed by atoms with E-state index in [0.717, 1.165) is 12.1 Å². The Kier molecular flexibility index (Phi) is 4.90. The van der Waals surface area contributed by atoms with Gasteiger partial charge in [-0.15, -0.1) is 0 Å². The van der Waals surface area contributed by atoms with Gasteiger partial charge in [0.2, 0.25) is 0 Å². The van der Waals surface area contributed by atoms with E-state index < -0.39 is 36.2 Å². The molecule has 0 heterocycles. The maximum absolute atomic E-state index is 12.3. The maximum atomic E-state index is 12.3. The topological polar surface area (TPSA) is 130 Å². The van der Waals surface area contributed by atoms with E-state index in [1.807, 2.05) is 0 Å². The van der Waals surface area contributed by atoms with Gasteiger partial charge in [-0.05, 0) is 18.6 Å². The number of rotatable bonds is 6. The standard InChI is InChI=1S/C14H12N2O7S/c1-10-7-8-12(14(16(19)20)13(10)15(17)18)24(21,22)23-9-11-5-3-2-4-6-11/h2-8H,9H2,1H3. The Bertz CT molecular complexity index is 895. The third-order valence-electron chi connectivity index (χ3n) is 3.17. The van der Waals surface area contributed by atoms with Crippen molar-refractivity contribution in [3.05, 3.63) is 73.8 Å². The van der Waals surface area contributed by atoms with E-state index >= 15 is 0 Å². The Balaban J connectivity index is 2.48. The molecule has 0 radical (unpaired) electrons. The van der Waals surface area contributed by atoms with Gasteiger partial charge in [0.25, 0.3) is 0 Å². The lowest BCUT2D eigenvalue weighted by atomic mass is 10.2. The highest BCUT2D eigenvalue weighted by molar-refractivity contribution is 7.87. The zero-order valence-corrected chi connectivity index (χ0v) is 13.2. The van der Waals surface area contributed by atoms with Gasteiger partial charge in [0.15, 0.2) is 4.90 Å². The van der Waals surface area contributed by atoms with Crippen molar-refractivity contribution in [3.63, 3.8) is 0 Å². The Morgan fingerprint density at radius 3 is 2.08 bits per heavy atom. The Morgan fingerprint density at radius 2 is 1.54 bits per heavy atom. The molecule has 0 unspecified atom stereocenters. The van der Waals surface area contributed by atoms with Gasteiger partial charge in [0, 0.05) is 5.56 Å². The van der Waals surface area contributed by atoms with Gasteiger partial charge in [-0.2, -0.15) is 8.42 Å². The van der Waals surface area contributed by atoms with Gasteiger partial charge in [0.05, 0.1) is 16.5 Å². The molecule has 0 spiro atoms. The molecule has 9 nitrogen and oxygen atoms in total. The number of aryl methyl sites for hydroxylation is 1. The lowest BCUT2D eigenvalue weighted by Crippen LogP contribution is -2.11. The normalized spacial score (nSPS) is 11.2. The molecule has 0 atom stereocenters. The Labute approximate surface area is 136 Å². The molecule has 0 aliphatic heterocycles. The molecule has 2 rings (SSSR count). The second-order valence-corrected chi connectivity index (χ2v) is 6.38. The molecule has 0 aliphatic carbocycles. The van der Waals surface area contributed by atoms with Crippen LogP contribution in [-0.2, 0) is 20.9 Å². The second kappa shape index (κ2) is 6.72. The molecule has 24 heavy (non-hydrogen) atoms. The highest BCUT2D eigenvalue weighted by atomic mass is 32.2. The lowest BCUT2D eigenvalue weighted by molar-refractivity contribution is -0.424. The molecular weight excluding hydrogens is 340 g/mol. The van der Waals surface area contributed by atoms with E-state index in [1.165, 1.54) is 6.92 Å². The molecule has 0 fully saturated rings. The second-order valence-electron chi connectivity index (χ2n) is 4.79. The highest BCUT2D eigenvalue weighted by Crippen LogP contribution is 2.37. The van der Waals surface area contributed by atoms with Gasteiger partial charge < -0.3 is 0 Å². The number of hydrogen-bond donors (Lipinski definition) is 0. The average Bonchev–Trinajstić information content (AvgIpc) is 2.53. The van der Waals surface area contributed by atoms with Crippen LogP contribution < -0.4 is 0 Å². The number of nitrogens with zero attached hydrogens (tertiary/aromatic N) is 2. The first-order valence-electron chi connectivity index (χ1n) is 6.60. The highest BCUT2D eigenvalue weighted by Gasteiger charge is 2.37. The lowest BCUT2D eigenvalue weighted by Gasteiger charge is -2.07. The van der Waals surface area contributed by atoms with Crippen molar-refractivity contribution in [3.8, 4) is 0 Å². The van der Waals surface area contributed by atoms with Crippen molar-refractivity contribution in [1.29, 1.82) is 0 Å². The third kappa shape index (κ3) is 3.55. The molecular formula is C14H12N2O7S. The summed E-state index contributed by atoms with van der Waals surface area (Å²) in [6, 6.07) is 10.4. The van der Waals surface area contributed by atoms with E-state index in [2.05, 4.69) is 0 Å². The summed E-state index contributed by atoms with van der Waals surface area (Å²) < 4.78 is 29.3. The van der Waals surface area contributed by atoms with Crippen LogP contribution in [0.4, 0.5) is 11.4 Å². The molecule has 0 saturated heterocycles. The molecule has 0 aliphatic rings. The van der Waals surface area contributed by atoms with E-state index in [9.17, 15) is 28.6 Å². The van der Waals surface area contributed by atoms with Crippen LogP contribution >= 0.6 is 0 Å². The minimum Gasteiger partial charge on any atom is -0.261 e. The van der Waals surface area contributed by atoms with E-state index in [-0.39, 0.29) is 12.2 Å². The van der Waals surface area contributed by atoms with E-state index in [1.54, 1.807) is 30.3 Å². The third-order valence-corrected chi connectivity index (χ3v) is 4.47. The summed E-state index contributed by atoms with van der Waals surface area (Å²) in [6.45, 7) is 0.939. The van der Waals surface area contributed by atoms with Crippen LogP contribution in [0.15, 0.2) is 47.4 Å². The van der Waals surface area contributed by atoms with E-state index in [4.69, 9.17) is 4.18 Å². The van der Waals surface area contributed by atoms with Crippen molar-refractivity contribution in [2.45, 2.75) is 18.4 Å². The van der Waals surface area contributed by atoms with Crippen LogP contribution in [-0.4, -0.2) is 18.3 Å². The molecule has 0 bridgehead atoms. The number of hydrogen-bond acceptors (Lipinski definition) is 7. The Hall–Kier alpha value is -2.85. The number of benzene rings is 2. The Morgan fingerprint density at radius 1 is 0.958 bits per heavy atom. The van der Waals surface area contributed by atoms with Crippen molar-refractivity contribution >= 4 is 21.5 Å². The molecule has 0 saturated carbocycles. The van der Waals surface area contributed by atoms with Crippen LogP contribution in [0.5, 0.6) is 0 Å². The average molecular weight is 352 g/mol. The van der Waals surface area contributed by atoms with Crippen molar-refractivity contribution in [1.82, 2.24) is 0 Å². The molecule has 2 aromatic carbocycles. The fraction of sp³-hybridized carbons (Fsp3) is 0.143. The van der Waals surface area contributed by atoms with Gasteiger partial charge in [-0.1, -0.05) is 36.4 Å². The zero-order chi connectivity index (χ0) is 17.9. The minimum atomic E-state index is -4.55. The summed E-state index contributed by atoms with van der Waals surface area (Å²) in [5.74, 6) is 0. The minimum absolute atomic E-state index is 0.0197. The van der Waals surface area contributed by atoms with Crippen molar-refractivity contribution < 1.29 is 22.4 Å². The fourth-order valence-electron chi connectivity index (χ4n) is 2.05. The van der Waals surface area contributed by atoms with Crippen molar-refractivity contribution in [2.75, 3.05) is 0 Å². The van der Waals surface area contributed by atoms with E-state index in [0.29, 0.717) is 5.56 Å². The largest absolute Gasteiger partial charge is 0.367 e. The van der Waals surface area contributed by atoms with Crippen LogP contribution in [0.25, 0.3) is 0 Å². The molecule has 10 heteroatoms. The van der Waals surface area contributed by atoms with Crippen LogP contribution in [0.3, 0.4) is 0 Å². The first kappa shape index (κ1) is 17.5. The number of nitro benzene ring substituents is 2. The summed E-state index contributed by atoms with van der Waals surface area (Å²) in [6.07, 6.45) is 0. The van der Waals surface area contributed by atoms with Gasteiger partial charge in [-0.25, -0.2) is 0 Å². The summed E-state index contributed by atoms with van der Waals surface area (Å²) in [4.78, 5) is 19.3. The van der Waals surface area contributed by atoms with Crippen LogP contribution in [0.2, 0.25) is 0 Å². The number of nitro groups is 2.